The highest BCUT2D eigenvalue weighted by atomic mass is 16.3. The molecule has 0 aromatic rings. The molecule has 0 aliphatic heterocycles. The maximum Gasteiger partial charge on any atom is 0.249 e. The summed E-state index contributed by atoms with van der Waals surface area (Å²) in [6, 6.07) is -0.710. The van der Waals surface area contributed by atoms with Gasteiger partial charge in [0.15, 0.2) is 0 Å². The maximum atomic E-state index is 12.4. The molecule has 0 bridgehead atoms. The Kier molecular flexibility index (Phi) is 30.3. The van der Waals surface area contributed by atoms with Gasteiger partial charge in [-0.25, -0.2) is 0 Å². The van der Waals surface area contributed by atoms with Crippen LogP contribution in [-0.2, 0) is 4.79 Å². The van der Waals surface area contributed by atoms with E-state index in [1.54, 1.807) is 0 Å². The van der Waals surface area contributed by atoms with E-state index in [1.165, 1.54) is 109 Å². The number of hydrogen-bond acceptors (Lipinski definition) is 4. The lowest BCUT2D eigenvalue weighted by molar-refractivity contribution is -0.131. The highest BCUT2D eigenvalue weighted by molar-refractivity contribution is 5.80. The molecule has 3 atom stereocenters. The zero-order chi connectivity index (χ0) is 29.5. The van der Waals surface area contributed by atoms with E-state index in [9.17, 15) is 20.1 Å². The van der Waals surface area contributed by atoms with Gasteiger partial charge in [0.25, 0.3) is 0 Å². The first-order valence-electron chi connectivity index (χ1n) is 17.5. The van der Waals surface area contributed by atoms with Crippen molar-refractivity contribution in [3.8, 4) is 0 Å². The van der Waals surface area contributed by atoms with Crippen LogP contribution < -0.4 is 5.32 Å². The molecule has 0 rings (SSSR count). The topological polar surface area (TPSA) is 89.8 Å². The van der Waals surface area contributed by atoms with Crippen molar-refractivity contribution in [2.75, 3.05) is 6.61 Å². The average molecular weight is 568 g/mol. The molecule has 0 aromatic carbocycles. The normalized spacial score (nSPS) is 14.0. The van der Waals surface area contributed by atoms with E-state index in [2.05, 4.69) is 31.3 Å². The largest absolute Gasteiger partial charge is 0.394 e. The van der Waals surface area contributed by atoms with Crippen molar-refractivity contribution in [3.63, 3.8) is 0 Å². The molecule has 5 nitrogen and oxygen atoms in total. The first-order chi connectivity index (χ1) is 19.6. The Labute approximate surface area is 249 Å². The fraction of sp³-hybridized carbons (Fsp3) is 0.914. The summed E-state index contributed by atoms with van der Waals surface area (Å²) in [6.45, 7) is 4.18. The summed E-state index contributed by atoms with van der Waals surface area (Å²) >= 11 is 0. The van der Waals surface area contributed by atoms with Gasteiger partial charge in [-0.2, -0.15) is 0 Å². The fourth-order valence-electron chi connectivity index (χ4n) is 5.30. The number of nitrogens with one attached hydrogen (secondary N) is 1. The van der Waals surface area contributed by atoms with Crippen LogP contribution >= 0.6 is 0 Å². The van der Waals surface area contributed by atoms with Crippen molar-refractivity contribution in [2.45, 2.75) is 199 Å². The summed E-state index contributed by atoms with van der Waals surface area (Å²) in [7, 11) is 0. The first kappa shape index (κ1) is 39.1. The highest BCUT2D eigenvalue weighted by Crippen LogP contribution is 2.15. The monoisotopic (exact) mass is 568 g/mol. The summed E-state index contributed by atoms with van der Waals surface area (Å²) < 4.78 is 0. The van der Waals surface area contributed by atoms with E-state index in [1.807, 2.05) is 0 Å². The van der Waals surface area contributed by atoms with Gasteiger partial charge in [0.1, 0.15) is 6.10 Å². The number of hydrogen-bond donors (Lipinski definition) is 4. The molecule has 40 heavy (non-hydrogen) atoms. The minimum absolute atomic E-state index is 0.315. The van der Waals surface area contributed by atoms with Gasteiger partial charge >= 0.3 is 0 Å². The Balaban J connectivity index is 3.70. The van der Waals surface area contributed by atoms with Crippen LogP contribution in [-0.4, -0.2) is 46.1 Å². The zero-order valence-electron chi connectivity index (χ0n) is 26.7. The molecule has 4 N–H and O–H groups in total. The minimum Gasteiger partial charge on any atom is -0.394 e. The third kappa shape index (κ3) is 26.0. The highest BCUT2D eigenvalue weighted by Gasteiger charge is 2.23. The standard InChI is InChI=1S/C35H69NO4/c1-3-5-7-9-11-13-15-16-17-18-20-21-23-25-27-29-33(38)32(31-37)36-35(40)34(39)30-28-26-24-22-19-14-12-10-8-6-4-2/h12,14,32-34,37-39H,3-11,13,15-31H2,1-2H3,(H,36,40)/b14-12-. The van der Waals surface area contributed by atoms with Gasteiger partial charge in [-0.15, -0.1) is 0 Å². The first-order valence-corrected chi connectivity index (χ1v) is 17.5. The quantitative estimate of drug-likeness (QED) is 0.0497. The number of unbranched alkanes of at least 4 members (excludes halogenated alkanes) is 21. The second-order valence-corrected chi connectivity index (χ2v) is 12.1. The molecule has 0 radical (unpaired) electrons. The SMILES string of the molecule is CCCCC/C=C\CCCCCCC(O)C(=O)NC(CO)C(O)CCCCCCCCCCCCCCCCC. The summed E-state index contributed by atoms with van der Waals surface area (Å²) in [5, 5.41) is 33.0. The number of carbonyl (C=O) groups excluding carboxylic acids is 1. The second-order valence-electron chi connectivity index (χ2n) is 12.1. The van der Waals surface area contributed by atoms with Crippen LogP contribution in [0.2, 0.25) is 0 Å². The molecular formula is C35H69NO4. The molecule has 0 aromatic heterocycles. The Bertz CT molecular complexity index is 554. The van der Waals surface area contributed by atoms with Gasteiger partial charge in [0, 0.05) is 0 Å². The van der Waals surface area contributed by atoms with Gasteiger partial charge in [-0.3, -0.25) is 4.79 Å². The van der Waals surface area contributed by atoms with Crippen LogP contribution in [0.1, 0.15) is 181 Å². The van der Waals surface area contributed by atoms with Gasteiger partial charge in [0.2, 0.25) is 5.91 Å². The van der Waals surface area contributed by atoms with Crippen LogP contribution in [0.3, 0.4) is 0 Å². The Morgan fingerprint density at radius 1 is 0.575 bits per heavy atom. The molecule has 0 spiro atoms. The van der Waals surface area contributed by atoms with Crippen LogP contribution in [0.5, 0.6) is 0 Å². The average Bonchev–Trinajstić information content (AvgIpc) is 2.96. The molecule has 0 aliphatic carbocycles. The molecular weight excluding hydrogens is 498 g/mol. The maximum absolute atomic E-state index is 12.4. The molecule has 1 amide bonds. The van der Waals surface area contributed by atoms with Gasteiger partial charge in [-0.1, -0.05) is 154 Å². The number of allylic oxidation sites excluding steroid dienone is 2. The van der Waals surface area contributed by atoms with Crippen molar-refractivity contribution in [1.29, 1.82) is 0 Å². The lowest BCUT2D eigenvalue weighted by Crippen LogP contribution is -2.49. The molecule has 5 heteroatoms. The summed E-state index contributed by atoms with van der Waals surface area (Å²) in [5.74, 6) is -0.482. The van der Waals surface area contributed by atoms with Crippen LogP contribution in [0.15, 0.2) is 12.2 Å². The number of aliphatic hydroxyl groups excluding tert-OH is 3. The lowest BCUT2D eigenvalue weighted by atomic mass is 10.0. The third-order valence-corrected chi connectivity index (χ3v) is 8.13. The van der Waals surface area contributed by atoms with Crippen molar-refractivity contribution >= 4 is 5.91 Å². The van der Waals surface area contributed by atoms with Crippen molar-refractivity contribution < 1.29 is 20.1 Å². The summed E-state index contributed by atoms with van der Waals surface area (Å²) in [6.07, 6.45) is 33.3. The Hall–Kier alpha value is -0.910. The van der Waals surface area contributed by atoms with Crippen LogP contribution in [0.25, 0.3) is 0 Å². The van der Waals surface area contributed by atoms with Gasteiger partial charge in [-0.05, 0) is 38.5 Å². The molecule has 0 saturated heterocycles. The van der Waals surface area contributed by atoms with Crippen LogP contribution in [0, 0.1) is 0 Å². The third-order valence-electron chi connectivity index (χ3n) is 8.13. The van der Waals surface area contributed by atoms with E-state index in [0.29, 0.717) is 12.8 Å². The minimum atomic E-state index is -1.08. The lowest BCUT2D eigenvalue weighted by Gasteiger charge is -2.23. The number of rotatable bonds is 31. The number of carbonyl (C=O) groups is 1. The Morgan fingerprint density at radius 3 is 1.43 bits per heavy atom. The predicted molar refractivity (Wildman–Crippen MR) is 172 cm³/mol. The molecule has 0 fully saturated rings. The van der Waals surface area contributed by atoms with E-state index in [4.69, 9.17) is 0 Å². The van der Waals surface area contributed by atoms with Crippen molar-refractivity contribution in [1.82, 2.24) is 5.32 Å². The van der Waals surface area contributed by atoms with Gasteiger partial charge in [0.05, 0.1) is 18.8 Å². The van der Waals surface area contributed by atoms with E-state index < -0.39 is 24.2 Å². The second kappa shape index (κ2) is 31.0. The molecule has 238 valence electrons. The van der Waals surface area contributed by atoms with E-state index in [0.717, 1.165) is 44.9 Å². The fourth-order valence-corrected chi connectivity index (χ4v) is 5.30. The Morgan fingerprint density at radius 2 is 0.950 bits per heavy atom. The van der Waals surface area contributed by atoms with Crippen LogP contribution in [0.4, 0.5) is 0 Å². The summed E-state index contributed by atoms with van der Waals surface area (Å²) in [4.78, 5) is 12.4. The smallest absolute Gasteiger partial charge is 0.249 e. The van der Waals surface area contributed by atoms with E-state index >= 15 is 0 Å². The number of amides is 1. The molecule has 0 aliphatic rings. The van der Waals surface area contributed by atoms with E-state index in [-0.39, 0.29) is 6.61 Å². The summed E-state index contributed by atoms with van der Waals surface area (Å²) in [5.41, 5.74) is 0. The zero-order valence-corrected chi connectivity index (χ0v) is 26.7. The number of aliphatic hydroxyl groups is 3. The van der Waals surface area contributed by atoms with Crippen molar-refractivity contribution in [3.05, 3.63) is 12.2 Å². The molecule has 3 unspecified atom stereocenters. The van der Waals surface area contributed by atoms with Gasteiger partial charge < -0.3 is 20.6 Å². The predicted octanol–water partition coefficient (Wildman–Crippen LogP) is 8.92. The van der Waals surface area contributed by atoms with Crippen molar-refractivity contribution in [2.24, 2.45) is 0 Å². The molecule has 0 heterocycles. The molecule has 0 saturated carbocycles.